The number of anilines is 1. The van der Waals surface area contributed by atoms with Gasteiger partial charge in [-0.25, -0.2) is 0 Å². The summed E-state index contributed by atoms with van der Waals surface area (Å²) in [5, 5.41) is 13.4. The van der Waals surface area contributed by atoms with Crippen LogP contribution in [-0.4, -0.2) is 24.4 Å². The molecule has 1 aromatic rings. The predicted octanol–water partition coefficient (Wildman–Crippen LogP) is 3.56. The minimum atomic E-state index is -0.225. The second kappa shape index (κ2) is 4.96. The van der Waals surface area contributed by atoms with Crippen molar-refractivity contribution in [2.24, 2.45) is 5.41 Å². The van der Waals surface area contributed by atoms with Crippen LogP contribution in [0.15, 0.2) is 18.2 Å². The molecule has 0 aliphatic heterocycles. The summed E-state index contributed by atoms with van der Waals surface area (Å²) in [5.74, 6) is 0.857. The van der Waals surface area contributed by atoms with Crippen molar-refractivity contribution in [3.8, 4) is 5.75 Å². The highest BCUT2D eigenvalue weighted by atomic mass is 16.5. The molecular weight excluding hydrogens is 250 g/mol. The van der Waals surface area contributed by atoms with Gasteiger partial charge < -0.3 is 15.2 Å². The molecule has 1 aromatic carbocycles. The van der Waals surface area contributed by atoms with Crippen LogP contribution in [-0.2, 0) is 5.41 Å². The van der Waals surface area contributed by atoms with Crippen molar-refractivity contribution in [3.05, 3.63) is 23.8 Å². The van der Waals surface area contributed by atoms with Crippen molar-refractivity contribution in [2.45, 2.75) is 58.6 Å². The first-order valence-corrected chi connectivity index (χ1v) is 7.29. The number of methoxy groups -OCH3 is 1. The van der Waals surface area contributed by atoms with Crippen LogP contribution in [0.4, 0.5) is 5.69 Å². The number of hydrogen-bond acceptors (Lipinski definition) is 3. The zero-order chi connectivity index (χ0) is 15.1. The molecule has 0 aromatic heterocycles. The van der Waals surface area contributed by atoms with E-state index in [1.54, 1.807) is 7.11 Å². The maximum Gasteiger partial charge on any atom is 0.141 e. The lowest BCUT2D eigenvalue weighted by Gasteiger charge is -2.50. The molecule has 0 amide bonds. The molecule has 2 unspecified atom stereocenters. The lowest BCUT2D eigenvalue weighted by atomic mass is 9.64. The third-order valence-corrected chi connectivity index (χ3v) is 4.61. The first-order chi connectivity index (χ1) is 9.16. The fourth-order valence-electron chi connectivity index (χ4n) is 2.62. The SMILES string of the molecule is COc1ccc(C(C)(C)C)cc1NC1CC(O)C1(C)C. The average molecular weight is 277 g/mol. The first kappa shape index (κ1) is 15.2. The molecule has 0 bridgehead atoms. The number of benzene rings is 1. The number of ether oxygens (including phenoxy) is 1. The van der Waals surface area contributed by atoms with E-state index in [9.17, 15) is 5.11 Å². The molecule has 1 saturated carbocycles. The summed E-state index contributed by atoms with van der Waals surface area (Å²) in [6.07, 6.45) is 0.562. The quantitative estimate of drug-likeness (QED) is 0.887. The Bertz CT molecular complexity index is 488. The van der Waals surface area contributed by atoms with Crippen molar-refractivity contribution < 1.29 is 9.84 Å². The Morgan fingerprint density at radius 1 is 1.30 bits per heavy atom. The van der Waals surface area contributed by atoms with E-state index in [-0.39, 0.29) is 23.0 Å². The molecule has 0 radical (unpaired) electrons. The molecule has 2 rings (SSSR count). The molecule has 1 aliphatic carbocycles. The number of hydrogen-bond donors (Lipinski definition) is 2. The van der Waals surface area contributed by atoms with E-state index < -0.39 is 0 Å². The van der Waals surface area contributed by atoms with Crippen molar-refractivity contribution in [3.63, 3.8) is 0 Å². The van der Waals surface area contributed by atoms with Gasteiger partial charge in [0, 0.05) is 11.5 Å². The second-order valence-corrected chi connectivity index (χ2v) is 7.43. The summed E-state index contributed by atoms with van der Waals surface area (Å²) in [7, 11) is 1.69. The van der Waals surface area contributed by atoms with Crippen LogP contribution in [0, 0.1) is 5.41 Å². The number of nitrogens with one attached hydrogen (secondary N) is 1. The van der Waals surface area contributed by atoms with Crippen LogP contribution in [0.5, 0.6) is 5.75 Å². The maximum atomic E-state index is 9.86. The van der Waals surface area contributed by atoms with E-state index in [1.165, 1.54) is 5.56 Å². The van der Waals surface area contributed by atoms with Gasteiger partial charge >= 0.3 is 0 Å². The van der Waals surface area contributed by atoms with E-state index in [0.29, 0.717) is 0 Å². The van der Waals surface area contributed by atoms with E-state index >= 15 is 0 Å². The lowest BCUT2D eigenvalue weighted by Crippen LogP contribution is -2.56. The Labute approximate surface area is 122 Å². The average Bonchev–Trinajstić information content (AvgIpc) is 2.37. The molecule has 0 saturated heterocycles. The monoisotopic (exact) mass is 277 g/mol. The predicted molar refractivity (Wildman–Crippen MR) is 83.5 cm³/mol. The van der Waals surface area contributed by atoms with E-state index in [1.807, 2.05) is 6.07 Å². The lowest BCUT2D eigenvalue weighted by molar-refractivity contribution is -0.0511. The molecule has 1 aliphatic rings. The van der Waals surface area contributed by atoms with E-state index in [2.05, 4.69) is 52.1 Å². The molecule has 20 heavy (non-hydrogen) atoms. The fourth-order valence-corrected chi connectivity index (χ4v) is 2.62. The number of aliphatic hydroxyl groups is 1. The first-order valence-electron chi connectivity index (χ1n) is 7.29. The molecule has 2 N–H and O–H groups in total. The number of aliphatic hydroxyl groups excluding tert-OH is 1. The largest absolute Gasteiger partial charge is 0.495 e. The van der Waals surface area contributed by atoms with Crippen molar-refractivity contribution in [2.75, 3.05) is 12.4 Å². The molecule has 3 heteroatoms. The molecule has 3 nitrogen and oxygen atoms in total. The van der Waals surface area contributed by atoms with E-state index in [0.717, 1.165) is 17.9 Å². The molecule has 0 spiro atoms. The Kier molecular flexibility index (Phi) is 3.76. The minimum absolute atomic E-state index is 0.0945. The maximum absolute atomic E-state index is 9.86. The van der Waals surface area contributed by atoms with E-state index in [4.69, 9.17) is 4.74 Å². The van der Waals surface area contributed by atoms with Gasteiger partial charge in [-0.2, -0.15) is 0 Å². The summed E-state index contributed by atoms with van der Waals surface area (Å²) in [6, 6.07) is 6.58. The van der Waals surface area contributed by atoms with Gasteiger partial charge in [0.1, 0.15) is 5.75 Å². The normalized spacial score (nSPS) is 24.9. The van der Waals surface area contributed by atoms with Crippen LogP contribution in [0.1, 0.15) is 46.6 Å². The topological polar surface area (TPSA) is 41.5 Å². The van der Waals surface area contributed by atoms with Crippen LogP contribution in [0.25, 0.3) is 0 Å². The van der Waals surface area contributed by atoms with Gasteiger partial charge in [0.25, 0.3) is 0 Å². The molecular formula is C17H27NO2. The zero-order valence-corrected chi connectivity index (χ0v) is 13.4. The Hall–Kier alpha value is -1.22. The van der Waals surface area contributed by atoms with Crippen LogP contribution in [0.3, 0.4) is 0 Å². The fraction of sp³-hybridized carbons (Fsp3) is 0.647. The number of rotatable bonds is 3. The highest BCUT2D eigenvalue weighted by Gasteiger charge is 2.47. The summed E-state index contributed by atoms with van der Waals surface area (Å²) < 4.78 is 5.45. The van der Waals surface area contributed by atoms with Crippen molar-refractivity contribution >= 4 is 5.69 Å². The molecule has 1 fully saturated rings. The third-order valence-electron chi connectivity index (χ3n) is 4.61. The van der Waals surface area contributed by atoms with Gasteiger partial charge in [-0.1, -0.05) is 40.7 Å². The van der Waals surface area contributed by atoms with Crippen LogP contribution < -0.4 is 10.1 Å². The summed E-state index contributed by atoms with van der Waals surface area (Å²) >= 11 is 0. The van der Waals surface area contributed by atoms with Gasteiger partial charge in [0.15, 0.2) is 0 Å². The van der Waals surface area contributed by atoms with Gasteiger partial charge in [-0.3, -0.25) is 0 Å². The summed E-state index contributed by atoms with van der Waals surface area (Å²) in [4.78, 5) is 0. The smallest absolute Gasteiger partial charge is 0.141 e. The molecule has 2 atom stereocenters. The van der Waals surface area contributed by atoms with Gasteiger partial charge in [0.05, 0.1) is 18.9 Å². The van der Waals surface area contributed by atoms with Gasteiger partial charge in [-0.05, 0) is 29.5 Å². The van der Waals surface area contributed by atoms with Gasteiger partial charge in [0.2, 0.25) is 0 Å². The third kappa shape index (κ3) is 2.64. The summed E-state index contributed by atoms with van der Waals surface area (Å²) in [5.41, 5.74) is 2.31. The van der Waals surface area contributed by atoms with Gasteiger partial charge in [-0.15, -0.1) is 0 Å². The highest BCUT2D eigenvalue weighted by Crippen LogP contribution is 2.43. The highest BCUT2D eigenvalue weighted by molar-refractivity contribution is 5.60. The Morgan fingerprint density at radius 2 is 1.95 bits per heavy atom. The minimum Gasteiger partial charge on any atom is -0.495 e. The standard InChI is InChI=1S/C17H27NO2/c1-16(2,3)11-7-8-13(20-6)12(9-11)18-14-10-15(19)17(14,4)5/h7-9,14-15,18-19H,10H2,1-6H3. The molecule has 0 heterocycles. The van der Waals surface area contributed by atoms with Crippen LogP contribution in [0.2, 0.25) is 0 Å². The molecule has 112 valence electrons. The van der Waals surface area contributed by atoms with Crippen molar-refractivity contribution in [1.82, 2.24) is 0 Å². The Morgan fingerprint density at radius 3 is 2.40 bits per heavy atom. The van der Waals surface area contributed by atoms with Crippen molar-refractivity contribution in [1.29, 1.82) is 0 Å². The van der Waals surface area contributed by atoms with Crippen LogP contribution >= 0.6 is 0 Å². The Balaban J connectivity index is 2.26. The second-order valence-electron chi connectivity index (χ2n) is 7.43. The zero-order valence-electron chi connectivity index (χ0n) is 13.4. The summed E-state index contributed by atoms with van der Waals surface area (Å²) in [6.45, 7) is 10.8.